The summed E-state index contributed by atoms with van der Waals surface area (Å²) in [4.78, 5) is 24.5. The predicted molar refractivity (Wildman–Crippen MR) is 292 cm³/mol. The Hall–Kier alpha value is -1.66. The number of amides is 1. The first-order valence-corrected chi connectivity index (χ1v) is 30.1. The van der Waals surface area contributed by atoms with E-state index in [0.717, 1.165) is 51.4 Å². The van der Waals surface area contributed by atoms with E-state index in [9.17, 15) is 19.8 Å². The van der Waals surface area contributed by atoms with Crippen molar-refractivity contribution in [2.45, 2.75) is 341 Å². The number of carbonyl (C=O) groups excluding carboxylic acids is 2. The SMILES string of the molecule is CCCCCCCCCCCCCCCCCC/C=C/C(O)C(CO)NC(=O)CCCCCCCCC/C=C\CCCCCCCCCCOC(=O)CCCCCCCCCCCCCCC. The second-order valence-corrected chi connectivity index (χ2v) is 20.7. The Morgan fingerprint density at radius 1 is 0.403 bits per heavy atom. The Bertz CT molecular complexity index is 1040. The van der Waals surface area contributed by atoms with Crippen LogP contribution in [0.2, 0.25) is 0 Å². The zero-order chi connectivity index (χ0) is 48.6. The summed E-state index contributed by atoms with van der Waals surface area (Å²) in [6.45, 7) is 4.91. The van der Waals surface area contributed by atoms with E-state index in [-0.39, 0.29) is 18.5 Å². The molecule has 0 fully saturated rings. The molecule has 1 amide bonds. The summed E-state index contributed by atoms with van der Waals surface area (Å²) >= 11 is 0. The van der Waals surface area contributed by atoms with Gasteiger partial charge >= 0.3 is 5.97 Å². The van der Waals surface area contributed by atoms with Crippen LogP contribution in [0.3, 0.4) is 0 Å². The first-order chi connectivity index (χ1) is 33.0. The molecule has 0 rings (SSSR count). The van der Waals surface area contributed by atoms with E-state index in [1.165, 1.54) is 250 Å². The molecule has 2 atom stereocenters. The van der Waals surface area contributed by atoms with Crippen LogP contribution in [0.5, 0.6) is 0 Å². The van der Waals surface area contributed by atoms with Crippen molar-refractivity contribution in [1.29, 1.82) is 0 Å². The lowest BCUT2D eigenvalue weighted by Crippen LogP contribution is -2.45. The van der Waals surface area contributed by atoms with Crippen molar-refractivity contribution in [1.82, 2.24) is 5.32 Å². The number of aliphatic hydroxyl groups is 2. The fourth-order valence-electron chi connectivity index (χ4n) is 9.34. The topological polar surface area (TPSA) is 95.9 Å². The zero-order valence-corrected chi connectivity index (χ0v) is 45.1. The van der Waals surface area contributed by atoms with E-state index in [1.807, 2.05) is 6.08 Å². The Morgan fingerprint density at radius 2 is 0.701 bits per heavy atom. The van der Waals surface area contributed by atoms with Gasteiger partial charge in [0.15, 0.2) is 0 Å². The molecule has 0 aromatic carbocycles. The standard InChI is InChI=1S/C61H117NO5/c1-3-5-7-9-11-13-15-17-18-19-23-26-30-33-37-41-45-49-53-59(64)58(57-63)62-60(65)54-50-46-42-38-34-31-27-24-21-20-22-25-28-32-36-40-44-48-52-56-67-61(66)55-51-47-43-39-35-29-16-14-12-10-8-6-4-2/h20-21,49,53,58-59,63-64H,3-19,22-48,50-52,54-57H2,1-2H3,(H,62,65)/b21-20-,53-49+. The summed E-state index contributed by atoms with van der Waals surface area (Å²) in [5.41, 5.74) is 0. The zero-order valence-electron chi connectivity index (χ0n) is 45.1. The maximum atomic E-state index is 12.5. The number of carbonyl (C=O) groups is 2. The molecule has 6 nitrogen and oxygen atoms in total. The lowest BCUT2D eigenvalue weighted by Gasteiger charge is -2.20. The number of nitrogens with one attached hydrogen (secondary N) is 1. The molecule has 0 saturated carbocycles. The molecule has 0 aliphatic heterocycles. The van der Waals surface area contributed by atoms with Gasteiger partial charge in [-0.2, -0.15) is 0 Å². The summed E-state index contributed by atoms with van der Waals surface area (Å²) < 4.78 is 5.47. The Balaban J connectivity index is 3.47. The van der Waals surface area contributed by atoms with Crippen LogP contribution in [0.4, 0.5) is 0 Å². The van der Waals surface area contributed by atoms with Gasteiger partial charge in [-0.15, -0.1) is 0 Å². The van der Waals surface area contributed by atoms with Crippen LogP contribution in [-0.4, -0.2) is 47.4 Å². The maximum absolute atomic E-state index is 12.5. The molecule has 0 heterocycles. The van der Waals surface area contributed by atoms with E-state index >= 15 is 0 Å². The van der Waals surface area contributed by atoms with Crippen LogP contribution in [0, 0.1) is 0 Å². The molecule has 0 spiro atoms. The van der Waals surface area contributed by atoms with Crippen molar-refractivity contribution in [3.05, 3.63) is 24.3 Å². The van der Waals surface area contributed by atoms with Gasteiger partial charge in [0.2, 0.25) is 5.91 Å². The predicted octanol–water partition coefficient (Wildman–Crippen LogP) is 18.6. The molecule has 0 bridgehead atoms. The number of hydrogen-bond acceptors (Lipinski definition) is 5. The minimum absolute atomic E-state index is 0.00501. The highest BCUT2D eigenvalue weighted by atomic mass is 16.5. The molecule has 0 aromatic heterocycles. The van der Waals surface area contributed by atoms with Crippen LogP contribution in [0.25, 0.3) is 0 Å². The average molecular weight is 945 g/mol. The normalized spacial score (nSPS) is 12.7. The Morgan fingerprint density at radius 3 is 1.06 bits per heavy atom. The van der Waals surface area contributed by atoms with E-state index in [4.69, 9.17) is 4.74 Å². The van der Waals surface area contributed by atoms with Crippen LogP contribution in [0.1, 0.15) is 328 Å². The largest absolute Gasteiger partial charge is 0.466 e. The minimum Gasteiger partial charge on any atom is -0.466 e. The molecule has 0 radical (unpaired) electrons. The summed E-state index contributed by atoms with van der Waals surface area (Å²) in [5.74, 6) is -0.0703. The lowest BCUT2D eigenvalue weighted by molar-refractivity contribution is -0.143. The van der Waals surface area contributed by atoms with Gasteiger partial charge in [-0.1, -0.05) is 282 Å². The van der Waals surface area contributed by atoms with Crippen molar-refractivity contribution in [2.75, 3.05) is 13.2 Å². The quantitative estimate of drug-likeness (QED) is 0.0321. The first kappa shape index (κ1) is 65.3. The second-order valence-electron chi connectivity index (χ2n) is 20.7. The number of unbranched alkanes of at least 4 members (excludes halogenated alkanes) is 43. The number of hydrogen-bond donors (Lipinski definition) is 3. The van der Waals surface area contributed by atoms with E-state index in [0.29, 0.717) is 19.4 Å². The third-order valence-corrected chi connectivity index (χ3v) is 14.0. The average Bonchev–Trinajstić information content (AvgIpc) is 3.33. The molecule has 0 aromatic rings. The van der Waals surface area contributed by atoms with Crippen molar-refractivity contribution < 1.29 is 24.5 Å². The molecule has 0 aliphatic rings. The van der Waals surface area contributed by atoms with Gasteiger partial charge in [0.05, 0.1) is 25.4 Å². The number of aliphatic hydroxyl groups excluding tert-OH is 2. The Kier molecular flexibility index (Phi) is 55.5. The Labute approximate surface area is 418 Å². The second kappa shape index (κ2) is 56.9. The van der Waals surface area contributed by atoms with Crippen molar-refractivity contribution in [3.63, 3.8) is 0 Å². The van der Waals surface area contributed by atoms with Crippen molar-refractivity contribution >= 4 is 11.9 Å². The van der Waals surface area contributed by atoms with Gasteiger partial charge in [0.25, 0.3) is 0 Å². The molecule has 0 saturated heterocycles. The smallest absolute Gasteiger partial charge is 0.305 e. The summed E-state index contributed by atoms with van der Waals surface area (Å²) in [7, 11) is 0. The lowest BCUT2D eigenvalue weighted by atomic mass is 10.0. The van der Waals surface area contributed by atoms with Crippen LogP contribution in [0.15, 0.2) is 24.3 Å². The van der Waals surface area contributed by atoms with Gasteiger partial charge < -0.3 is 20.3 Å². The van der Waals surface area contributed by atoms with E-state index in [2.05, 4.69) is 31.3 Å². The van der Waals surface area contributed by atoms with Crippen molar-refractivity contribution in [2.24, 2.45) is 0 Å². The van der Waals surface area contributed by atoms with Gasteiger partial charge in [-0.3, -0.25) is 9.59 Å². The minimum atomic E-state index is -0.851. The number of esters is 1. The fraction of sp³-hybridized carbons (Fsp3) is 0.902. The molecular weight excluding hydrogens is 827 g/mol. The molecule has 6 heteroatoms. The molecule has 396 valence electrons. The number of rotatable bonds is 56. The molecule has 0 aliphatic carbocycles. The molecular formula is C61H117NO5. The monoisotopic (exact) mass is 944 g/mol. The molecule has 3 N–H and O–H groups in total. The third kappa shape index (κ3) is 53.5. The summed E-state index contributed by atoms with van der Waals surface area (Å²) in [5, 5.41) is 23.2. The summed E-state index contributed by atoms with van der Waals surface area (Å²) in [6, 6.07) is -0.635. The highest BCUT2D eigenvalue weighted by molar-refractivity contribution is 5.76. The van der Waals surface area contributed by atoms with E-state index in [1.54, 1.807) is 6.08 Å². The van der Waals surface area contributed by atoms with Crippen molar-refractivity contribution in [3.8, 4) is 0 Å². The highest BCUT2D eigenvalue weighted by Crippen LogP contribution is 2.17. The number of ether oxygens (including phenoxy) is 1. The summed E-state index contributed by atoms with van der Waals surface area (Å²) in [6.07, 6.45) is 69.2. The molecule has 67 heavy (non-hydrogen) atoms. The van der Waals surface area contributed by atoms with E-state index < -0.39 is 12.1 Å². The van der Waals surface area contributed by atoms with Crippen LogP contribution in [-0.2, 0) is 14.3 Å². The maximum Gasteiger partial charge on any atom is 0.305 e. The van der Waals surface area contributed by atoms with Gasteiger partial charge in [-0.05, 0) is 57.8 Å². The third-order valence-electron chi connectivity index (χ3n) is 14.0. The van der Waals surface area contributed by atoms with Gasteiger partial charge in [0.1, 0.15) is 0 Å². The van der Waals surface area contributed by atoms with Crippen LogP contribution >= 0.6 is 0 Å². The van der Waals surface area contributed by atoms with Crippen LogP contribution < -0.4 is 5.32 Å². The highest BCUT2D eigenvalue weighted by Gasteiger charge is 2.18. The number of allylic oxidation sites excluding steroid dienone is 3. The molecule has 2 unspecified atom stereocenters. The van der Waals surface area contributed by atoms with Gasteiger partial charge in [-0.25, -0.2) is 0 Å². The fourth-order valence-corrected chi connectivity index (χ4v) is 9.34. The first-order valence-electron chi connectivity index (χ1n) is 30.1. The van der Waals surface area contributed by atoms with Gasteiger partial charge in [0, 0.05) is 12.8 Å².